The van der Waals surface area contributed by atoms with Gasteiger partial charge in [-0.3, -0.25) is 4.99 Å². The highest BCUT2D eigenvalue weighted by Crippen LogP contribution is 2.45. The zero-order valence-corrected chi connectivity index (χ0v) is 12.2. The number of hydrogen-bond acceptors (Lipinski definition) is 1. The lowest BCUT2D eigenvalue weighted by atomic mass is 9.76. The lowest BCUT2D eigenvalue weighted by Crippen LogP contribution is -2.30. The van der Waals surface area contributed by atoms with Gasteiger partial charge in [0.1, 0.15) is 11.5 Å². The van der Waals surface area contributed by atoms with Crippen LogP contribution in [0.4, 0.5) is 10.1 Å². The van der Waals surface area contributed by atoms with Crippen LogP contribution in [0.2, 0.25) is 0 Å². The Labute approximate surface area is 110 Å². The number of fused-ring (bicyclic) bond motifs is 1. The lowest BCUT2D eigenvalue weighted by molar-refractivity contribution is 0.620. The molecule has 0 fully saturated rings. The zero-order valence-electron chi connectivity index (χ0n) is 10.6. The van der Waals surface area contributed by atoms with E-state index in [-0.39, 0.29) is 11.2 Å². The molecule has 1 aromatic rings. The molecule has 17 heavy (non-hydrogen) atoms. The molecular formula is C14H17BrFN. The van der Waals surface area contributed by atoms with E-state index in [2.05, 4.69) is 48.6 Å². The summed E-state index contributed by atoms with van der Waals surface area (Å²) in [5.41, 5.74) is 2.43. The summed E-state index contributed by atoms with van der Waals surface area (Å²) < 4.78 is 14.7. The van der Waals surface area contributed by atoms with Crippen LogP contribution < -0.4 is 0 Å². The van der Waals surface area contributed by atoms with Gasteiger partial charge in [0.2, 0.25) is 0 Å². The first-order valence-corrected chi connectivity index (χ1v) is 6.75. The molecule has 0 spiro atoms. The molecule has 1 atom stereocenters. The highest BCUT2D eigenvalue weighted by atomic mass is 79.9. The van der Waals surface area contributed by atoms with E-state index in [1.165, 1.54) is 6.07 Å². The van der Waals surface area contributed by atoms with Crippen molar-refractivity contribution in [2.75, 3.05) is 0 Å². The second kappa shape index (κ2) is 4.20. The quantitative estimate of drug-likeness (QED) is 0.728. The van der Waals surface area contributed by atoms with E-state index in [4.69, 9.17) is 0 Å². The molecule has 1 aliphatic heterocycles. The molecule has 1 aliphatic rings. The van der Waals surface area contributed by atoms with Crippen LogP contribution in [-0.4, -0.2) is 5.71 Å². The summed E-state index contributed by atoms with van der Waals surface area (Å²) in [6.45, 7) is 8.53. The first kappa shape index (κ1) is 12.7. The fourth-order valence-electron chi connectivity index (χ4n) is 2.47. The molecule has 0 saturated heterocycles. The van der Waals surface area contributed by atoms with E-state index in [0.29, 0.717) is 11.6 Å². The zero-order chi connectivity index (χ0) is 12.8. The summed E-state index contributed by atoms with van der Waals surface area (Å²) in [7, 11) is 0. The number of benzene rings is 1. The van der Waals surface area contributed by atoms with Crippen LogP contribution in [0.5, 0.6) is 0 Å². The second-order valence-corrected chi connectivity index (χ2v) is 6.13. The minimum atomic E-state index is -0.235. The molecule has 0 saturated carbocycles. The highest BCUT2D eigenvalue weighted by molar-refractivity contribution is 9.10. The van der Waals surface area contributed by atoms with Gasteiger partial charge >= 0.3 is 0 Å². The van der Waals surface area contributed by atoms with Gasteiger partial charge in [-0.15, -0.1) is 0 Å². The van der Waals surface area contributed by atoms with Gasteiger partial charge in [0.05, 0.1) is 0 Å². The number of hydrogen-bond donors (Lipinski definition) is 0. The number of aliphatic imine (C=N–C) groups is 1. The SMILES string of the molecule is CCC(C)C1=Nc2c(F)cc(Br)cc2C1(C)C. The van der Waals surface area contributed by atoms with Gasteiger partial charge in [0, 0.05) is 15.6 Å². The van der Waals surface area contributed by atoms with Crippen molar-refractivity contribution in [3.8, 4) is 0 Å². The van der Waals surface area contributed by atoms with E-state index in [9.17, 15) is 4.39 Å². The first-order chi connectivity index (χ1) is 7.87. The molecule has 3 heteroatoms. The fraction of sp³-hybridized carbons (Fsp3) is 0.500. The van der Waals surface area contributed by atoms with Gasteiger partial charge in [0.15, 0.2) is 0 Å². The molecule has 0 aliphatic carbocycles. The minimum absolute atomic E-state index is 0.171. The summed E-state index contributed by atoms with van der Waals surface area (Å²) in [4.78, 5) is 4.54. The summed E-state index contributed by atoms with van der Waals surface area (Å²) in [5.74, 6) is 0.149. The first-order valence-electron chi connectivity index (χ1n) is 5.96. The maximum Gasteiger partial charge on any atom is 0.150 e. The Morgan fingerprint density at radius 3 is 2.65 bits per heavy atom. The summed E-state index contributed by atoms with van der Waals surface area (Å²) in [6.07, 6.45) is 1.03. The third-order valence-corrected chi connectivity index (χ3v) is 4.11. The van der Waals surface area contributed by atoms with Gasteiger partial charge in [-0.1, -0.05) is 43.6 Å². The van der Waals surface area contributed by atoms with Crippen molar-refractivity contribution >= 4 is 27.3 Å². The lowest BCUT2D eigenvalue weighted by Gasteiger charge is -2.26. The minimum Gasteiger partial charge on any atom is -0.253 e. The van der Waals surface area contributed by atoms with Crippen LogP contribution in [-0.2, 0) is 5.41 Å². The second-order valence-electron chi connectivity index (χ2n) is 5.22. The highest BCUT2D eigenvalue weighted by Gasteiger charge is 2.38. The Bertz CT molecular complexity index is 491. The van der Waals surface area contributed by atoms with Crippen molar-refractivity contribution in [1.29, 1.82) is 0 Å². The molecule has 1 heterocycles. The monoisotopic (exact) mass is 297 g/mol. The van der Waals surface area contributed by atoms with Crippen LogP contribution in [0.1, 0.15) is 39.7 Å². The Morgan fingerprint density at radius 1 is 1.41 bits per heavy atom. The van der Waals surface area contributed by atoms with Crippen LogP contribution in [0, 0.1) is 11.7 Å². The van der Waals surface area contributed by atoms with Crippen LogP contribution in [0.15, 0.2) is 21.6 Å². The predicted octanol–water partition coefficient (Wildman–Crippen LogP) is 5.00. The van der Waals surface area contributed by atoms with E-state index in [1.807, 2.05) is 6.07 Å². The average molecular weight is 298 g/mol. The molecule has 0 bridgehead atoms. The van der Waals surface area contributed by atoms with Crippen LogP contribution in [0.25, 0.3) is 0 Å². The molecule has 1 unspecified atom stereocenters. The van der Waals surface area contributed by atoms with Gasteiger partial charge in [0.25, 0.3) is 0 Å². The average Bonchev–Trinajstić information content (AvgIpc) is 2.51. The molecule has 92 valence electrons. The van der Waals surface area contributed by atoms with Gasteiger partial charge < -0.3 is 0 Å². The Balaban J connectivity index is 2.60. The van der Waals surface area contributed by atoms with Crippen molar-refractivity contribution in [3.63, 3.8) is 0 Å². The fourth-order valence-corrected chi connectivity index (χ4v) is 2.90. The number of nitrogens with zero attached hydrogens (tertiary/aromatic N) is 1. The largest absolute Gasteiger partial charge is 0.253 e. The Kier molecular flexibility index (Phi) is 3.15. The molecule has 1 nitrogen and oxygen atoms in total. The van der Waals surface area contributed by atoms with Crippen molar-refractivity contribution in [1.82, 2.24) is 0 Å². The van der Waals surface area contributed by atoms with Crippen LogP contribution in [0.3, 0.4) is 0 Å². The standard InChI is InChI=1S/C14H17BrFN/c1-5-8(2)13-14(3,4)10-6-9(15)7-11(16)12(10)17-13/h6-8H,5H2,1-4H3. The Hall–Kier alpha value is -0.700. The molecule has 2 rings (SSSR count). The van der Waals surface area contributed by atoms with Crippen molar-refractivity contribution in [2.24, 2.45) is 10.9 Å². The van der Waals surface area contributed by atoms with Gasteiger partial charge in [-0.25, -0.2) is 4.39 Å². The molecule has 1 aromatic carbocycles. The summed E-state index contributed by atoms with van der Waals surface area (Å²) in [5, 5.41) is 0. The maximum atomic E-state index is 13.9. The Morgan fingerprint density at radius 2 is 2.06 bits per heavy atom. The van der Waals surface area contributed by atoms with Gasteiger partial charge in [-0.2, -0.15) is 0 Å². The van der Waals surface area contributed by atoms with Crippen LogP contribution >= 0.6 is 15.9 Å². The summed E-state index contributed by atoms with van der Waals surface area (Å²) in [6, 6.07) is 3.47. The predicted molar refractivity (Wildman–Crippen MR) is 73.7 cm³/mol. The topological polar surface area (TPSA) is 12.4 Å². The molecular weight excluding hydrogens is 281 g/mol. The smallest absolute Gasteiger partial charge is 0.150 e. The van der Waals surface area contributed by atoms with E-state index >= 15 is 0 Å². The van der Waals surface area contributed by atoms with Crippen molar-refractivity contribution < 1.29 is 4.39 Å². The third-order valence-electron chi connectivity index (χ3n) is 3.65. The van der Waals surface area contributed by atoms with E-state index in [0.717, 1.165) is 22.2 Å². The third kappa shape index (κ3) is 1.95. The van der Waals surface area contributed by atoms with Gasteiger partial charge in [-0.05, 0) is 30.0 Å². The molecule has 0 N–H and O–H groups in total. The van der Waals surface area contributed by atoms with Crippen molar-refractivity contribution in [2.45, 2.75) is 39.5 Å². The number of halogens is 2. The molecule has 0 amide bonds. The van der Waals surface area contributed by atoms with Crippen molar-refractivity contribution in [3.05, 3.63) is 28.0 Å². The molecule has 0 aromatic heterocycles. The van der Waals surface area contributed by atoms with E-state index < -0.39 is 0 Å². The normalized spacial score (nSPS) is 18.8. The molecule has 0 radical (unpaired) electrons. The van der Waals surface area contributed by atoms with E-state index in [1.54, 1.807) is 0 Å². The number of rotatable bonds is 2. The maximum absolute atomic E-state index is 13.9. The summed E-state index contributed by atoms with van der Waals surface area (Å²) >= 11 is 3.35.